The molecule has 0 aliphatic carbocycles. The Balaban J connectivity index is 1.61. The Labute approximate surface area is 161 Å². The highest BCUT2D eigenvalue weighted by Crippen LogP contribution is 2.19. The Bertz CT molecular complexity index is 813. The Morgan fingerprint density at radius 1 is 1.04 bits per heavy atom. The van der Waals surface area contributed by atoms with Gasteiger partial charge in [-0.3, -0.25) is 9.69 Å². The highest BCUT2D eigenvalue weighted by atomic mass is 16.1. The molecule has 0 spiro atoms. The highest BCUT2D eigenvalue weighted by molar-refractivity contribution is 5.95. The fourth-order valence-electron chi connectivity index (χ4n) is 3.52. The van der Waals surface area contributed by atoms with Crippen LogP contribution in [0.4, 0.5) is 5.69 Å². The normalized spacial score (nSPS) is 15.0. The molecule has 0 amide bonds. The molecule has 140 valence electrons. The number of ketones is 1. The van der Waals surface area contributed by atoms with E-state index in [0.717, 1.165) is 12.1 Å². The maximum absolute atomic E-state index is 11.6. The van der Waals surface area contributed by atoms with E-state index in [0.29, 0.717) is 23.4 Å². The smallest absolute Gasteiger partial charge is 0.159 e. The van der Waals surface area contributed by atoms with Gasteiger partial charge in [-0.1, -0.05) is 37.1 Å². The number of likely N-dealkylation sites (tertiary alicyclic amines) is 1. The lowest BCUT2D eigenvalue weighted by molar-refractivity contribution is 0.101. The van der Waals surface area contributed by atoms with Gasteiger partial charge in [0.1, 0.15) is 6.07 Å². The zero-order valence-electron chi connectivity index (χ0n) is 16.0. The summed E-state index contributed by atoms with van der Waals surface area (Å²) in [7, 11) is 0. The molecule has 1 heterocycles. The number of Topliss-reactive ketones (excluding diaryl/α,β-unsaturated/α-hetero) is 1. The lowest BCUT2D eigenvalue weighted by atomic mass is 10.1. The van der Waals surface area contributed by atoms with Gasteiger partial charge >= 0.3 is 0 Å². The molecule has 0 saturated carbocycles. The molecule has 3 rings (SSSR count). The Morgan fingerprint density at radius 2 is 1.70 bits per heavy atom. The van der Waals surface area contributed by atoms with E-state index >= 15 is 0 Å². The molecular weight excluding hydrogens is 334 g/mol. The molecule has 2 aromatic rings. The number of rotatable bonds is 6. The van der Waals surface area contributed by atoms with E-state index in [-0.39, 0.29) is 5.78 Å². The molecule has 1 aliphatic rings. The van der Waals surface area contributed by atoms with Gasteiger partial charge in [0.2, 0.25) is 0 Å². The molecule has 1 aliphatic heterocycles. The minimum absolute atomic E-state index is 0.000375. The molecule has 0 atom stereocenters. The maximum atomic E-state index is 11.6. The van der Waals surface area contributed by atoms with Crippen LogP contribution in [0.15, 0.2) is 42.5 Å². The summed E-state index contributed by atoms with van der Waals surface area (Å²) < 4.78 is 0. The van der Waals surface area contributed by atoms with Crippen LogP contribution in [0, 0.1) is 11.3 Å². The largest absolute Gasteiger partial charge is 0.380 e. The summed E-state index contributed by atoms with van der Waals surface area (Å²) in [5.74, 6) is 0.000375. The van der Waals surface area contributed by atoms with Crippen molar-refractivity contribution >= 4 is 11.5 Å². The van der Waals surface area contributed by atoms with E-state index in [1.165, 1.54) is 51.3 Å². The van der Waals surface area contributed by atoms with Crippen molar-refractivity contribution in [3.05, 3.63) is 64.7 Å². The highest BCUT2D eigenvalue weighted by Gasteiger charge is 2.10. The second-order valence-electron chi connectivity index (χ2n) is 7.29. The van der Waals surface area contributed by atoms with Gasteiger partial charge in [0, 0.05) is 18.7 Å². The monoisotopic (exact) mass is 361 g/mol. The van der Waals surface area contributed by atoms with Crippen LogP contribution in [0.25, 0.3) is 0 Å². The van der Waals surface area contributed by atoms with Gasteiger partial charge in [-0.15, -0.1) is 0 Å². The predicted octanol–water partition coefficient (Wildman–Crippen LogP) is 4.75. The van der Waals surface area contributed by atoms with E-state index < -0.39 is 0 Å². The number of benzene rings is 2. The quantitative estimate of drug-likeness (QED) is 0.755. The lowest BCUT2D eigenvalue weighted by Gasteiger charge is -2.19. The number of nitrogens with zero attached hydrogens (tertiary/aromatic N) is 2. The topological polar surface area (TPSA) is 56.1 Å². The first-order valence-electron chi connectivity index (χ1n) is 9.75. The second kappa shape index (κ2) is 9.34. The molecule has 1 fully saturated rings. The van der Waals surface area contributed by atoms with E-state index in [1.807, 2.05) is 0 Å². The SMILES string of the molecule is CC(=O)c1ccc(C#N)c(NCc2ccc(CN3CCCCCC3)cc2)c1. The van der Waals surface area contributed by atoms with Gasteiger partial charge in [0.15, 0.2) is 5.78 Å². The molecule has 0 aromatic heterocycles. The third-order valence-corrected chi connectivity index (χ3v) is 5.16. The van der Waals surface area contributed by atoms with E-state index in [2.05, 4.69) is 40.6 Å². The fraction of sp³-hybridized carbons (Fsp3) is 0.391. The van der Waals surface area contributed by atoms with Crippen LogP contribution >= 0.6 is 0 Å². The minimum atomic E-state index is 0.000375. The first-order chi connectivity index (χ1) is 13.2. The van der Waals surface area contributed by atoms with Crippen LogP contribution in [0.5, 0.6) is 0 Å². The van der Waals surface area contributed by atoms with Gasteiger partial charge < -0.3 is 5.32 Å². The van der Waals surface area contributed by atoms with Crippen molar-refractivity contribution in [1.82, 2.24) is 4.90 Å². The molecule has 1 saturated heterocycles. The fourth-order valence-corrected chi connectivity index (χ4v) is 3.52. The summed E-state index contributed by atoms with van der Waals surface area (Å²) in [4.78, 5) is 14.1. The molecule has 0 bridgehead atoms. The summed E-state index contributed by atoms with van der Waals surface area (Å²) in [5.41, 5.74) is 4.38. The third-order valence-electron chi connectivity index (χ3n) is 5.16. The Kier molecular flexibility index (Phi) is 6.62. The van der Waals surface area contributed by atoms with Crippen molar-refractivity contribution in [3.8, 4) is 6.07 Å². The summed E-state index contributed by atoms with van der Waals surface area (Å²) in [6.07, 6.45) is 5.33. The maximum Gasteiger partial charge on any atom is 0.159 e. The summed E-state index contributed by atoms with van der Waals surface area (Å²) in [6, 6.07) is 16.0. The van der Waals surface area contributed by atoms with Crippen molar-refractivity contribution in [1.29, 1.82) is 5.26 Å². The lowest BCUT2D eigenvalue weighted by Crippen LogP contribution is -2.23. The first kappa shape index (κ1) is 19.1. The summed E-state index contributed by atoms with van der Waals surface area (Å²) in [5, 5.41) is 12.6. The van der Waals surface area contributed by atoms with Crippen molar-refractivity contribution in [2.24, 2.45) is 0 Å². The van der Waals surface area contributed by atoms with Crippen LogP contribution in [0.2, 0.25) is 0 Å². The van der Waals surface area contributed by atoms with Gasteiger partial charge in [-0.05, 0) is 62.2 Å². The van der Waals surface area contributed by atoms with Crippen molar-refractivity contribution in [2.75, 3.05) is 18.4 Å². The van der Waals surface area contributed by atoms with Gasteiger partial charge in [-0.25, -0.2) is 0 Å². The van der Waals surface area contributed by atoms with Crippen molar-refractivity contribution < 1.29 is 4.79 Å². The molecular formula is C23H27N3O. The number of hydrogen-bond donors (Lipinski definition) is 1. The Hall–Kier alpha value is -2.64. The molecule has 4 heteroatoms. The Morgan fingerprint density at radius 3 is 2.33 bits per heavy atom. The number of nitrogens with one attached hydrogen (secondary N) is 1. The number of carbonyl (C=O) groups excluding carboxylic acids is 1. The van der Waals surface area contributed by atoms with Crippen LogP contribution in [0.3, 0.4) is 0 Å². The molecule has 27 heavy (non-hydrogen) atoms. The van der Waals surface area contributed by atoms with Gasteiger partial charge in [-0.2, -0.15) is 5.26 Å². The standard InChI is InChI=1S/C23H27N3O/c1-18(27)21-10-11-22(15-24)23(14-21)25-16-19-6-8-20(9-7-19)17-26-12-4-2-3-5-13-26/h6-11,14,25H,2-5,12-13,16-17H2,1H3. The summed E-state index contributed by atoms with van der Waals surface area (Å²) >= 11 is 0. The van der Waals surface area contributed by atoms with E-state index in [4.69, 9.17) is 0 Å². The van der Waals surface area contributed by atoms with Crippen LogP contribution in [0.1, 0.15) is 59.7 Å². The van der Waals surface area contributed by atoms with E-state index in [1.54, 1.807) is 18.2 Å². The zero-order valence-corrected chi connectivity index (χ0v) is 16.0. The predicted molar refractivity (Wildman–Crippen MR) is 109 cm³/mol. The molecule has 0 unspecified atom stereocenters. The third kappa shape index (κ3) is 5.42. The van der Waals surface area contributed by atoms with E-state index in [9.17, 15) is 10.1 Å². The number of hydrogen-bond acceptors (Lipinski definition) is 4. The van der Waals surface area contributed by atoms with Crippen LogP contribution in [-0.2, 0) is 13.1 Å². The number of nitriles is 1. The second-order valence-corrected chi connectivity index (χ2v) is 7.29. The molecule has 0 radical (unpaired) electrons. The zero-order chi connectivity index (χ0) is 19.1. The summed E-state index contributed by atoms with van der Waals surface area (Å²) in [6.45, 7) is 5.58. The first-order valence-corrected chi connectivity index (χ1v) is 9.75. The molecule has 4 nitrogen and oxygen atoms in total. The number of anilines is 1. The average Bonchev–Trinajstić information content (AvgIpc) is 2.96. The average molecular weight is 361 g/mol. The molecule has 2 aromatic carbocycles. The van der Waals surface area contributed by atoms with Crippen LogP contribution < -0.4 is 5.32 Å². The van der Waals surface area contributed by atoms with Gasteiger partial charge in [0.25, 0.3) is 0 Å². The minimum Gasteiger partial charge on any atom is -0.380 e. The van der Waals surface area contributed by atoms with Crippen LogP contribution in [-0.4, -0.2) is 23.8 Å². The number of carbonyl (C=O) groups is 1. The van der Waals surface area contributed by atoms with Crippen molar-refractivity contribution in [2.45, 2.75) is 45.7 Å². The molecule has 1 N–H and O–H groups in total. The van der Waals surface area contributed by atoms with Crippen molar-refractivity contribution in [3.63, 3.8) is 0 Å². The van der Waals surface area contributed by atoms with Gasteiger partial charge in [0.05, 0.1) is 11.3 Å².